The highest BCUT2D eigenvalue weighted by Gasteiger charge is 2.64. The van der Waals surface area contributed by atoms with Crippen molar-refractivity contribution in [3.63, 3.8) is 0 Å². The number of Topliss-reactive ketones (excluding diaryl/α,β-unsaturated/α-hetero) is 1. The highest BCUT2D eigenvalue weighted by molar-refractivity contribution is 6.40. The molecule has 1 heterocycles. The summed E-state index contributed by atoms with van der Waals surface area (Å²) in [6, 6.07) is 1.87. The van der Waals surface area contributed by atoms with Gasteiger partial charge in [0.1, 0.15) is 5.82 Å². The number of amides is 1. The molecule has 1 amide bonds. The second-order valence-electron chi connectivity index (χ2n) is 10.8. The summed E-state index contributed by atoms with van der Waals surface area (Å²) < 4.78 is 57.1. The topological polar surface area (TPSA) is 92.5 Å². The summed E-state index contributed by atoms with van der Waals surface area (Å²) in [7, 11) is 0. The van der Waals surface area contributed by atoms with Crippen LogP contribution in [0.25, 0.3) is 0 Å². The summed E-state index contributed by atoms with van der Waals surface area (Å²) >= 11 is 12.0. The third-order valence-electron chi connectivity index (χ3n) is 8.09. The number of hydrogen-bond acceptors (Lipinski definition) is 4. The van der Waals surface area contributed by atoms with Gasteiger partial charge in [-0.2, -0.15) is 18.3 Å². The van der Waals surface area contributed by atoms with Crippen molar-refractivity contribution in [1.82, 2.24) is 14.7 Å². The lowest BCUT2D eigenvalue weighted by atomic mass is 9.74. The lowest BCUT2D eigenvalue weighted by molar-refractivity contribution is -0.189. The average Bonchev–Trinajstić information content (AvgIpc) is 3.56. The van der Waals surface area contributed by atoms with Crippen LogP contribution in [0.15, 0.2) is 18.3 Å². The Kier molecular flexibility index (Phi) is 7.81. The molecule has 1 aromatic heterocycles. The number of carbonyl (C=O) groups is 3. The van der Waals surface area contributed by atoms with Crippen LogP contribution in [-0.2, 0) is 4.79 Å². The smallest absolute Gasteiger partial charge is 0.396 e. The van der Waals surface area contributed by atoms with Crippen LogP contribution < -0.4 is 0 Å². The molecule has 13 heteroatoms. The summed E-state index contributed by atoms with van der Waals surface area (Å²) in [5, 5.41) is 13.0. The standard InChI is InChI=1S/C26H27Cl2F4N3O4/c1-14-16(11-33-35(14)15-5-7-24(2,8-6-15)23(38)39)22(37)34(13-25(9-10-25)26(30,31)32)12-19(36)20-17(27)3-4-18(29)21(20)28/h3-4,11,15H,5-10,12-13H2,1-2H3,(H,38,39)/t15-,24-. The molecule has 0 spiro atoms. The van der Waals surface area contributed by atoms with Gasteiger partial charge in [-0.1, -0.05) is 23.2 Å². The van der Waals surface area contributed by atoms with Crippen molar-refractivity contribution in [2.45, 2.75) is 64.6 Å². The Bertz CT molecular complexity index is 1320. The number of nitrogens with zero attached hydrogens (tertiary/aromatic N) is 3. The summed E-state index contributed by atoms with van der Waals surface area (Å²) in [5.41, 5.74) is -3.01. The van der Waals surface area contributed by atoms with Gasteiger partial charge in [0.15, 0.2) is 5.78 Å². The van der Waals surface area contributed by atoms with E-state index in [4.69, 9.17) is 23.2 Å². The van der Waals surface area contributed by atoms with Crippen molar-refractivity contribution in [2.75, 3.05) is 13.1 Å². The summed E-state index contributed by atoms with van der Waals surface area (Å²) in [6.07, 6.45) is -1.95. The predicted octanol–water partition coefficient (Wildman–Crippen LogP) is 6.51. The highest BCUT2D eigenvalue weighted by atomic mass is 35.5. The number of rotatable bonds is 8. The van der Waals surface area contributed by atoms with E-state index in [-0.39, 0.29) is 29.5 Å². The monoisotopic (exact) mass is 591 g/mol. The first kappa shape index (κ1) is 29.3. The van der Waals surface area contributed by atoms with Crippen molar-refractivity contribution in [3.8, 4) is 0 Å². The third-order valence-corrected chi connectivity index (χ3v) is 8.77. The molecule has 212 valence electrons. The summed E-state index contributed by atoms with van der Waals surface area (Å²) in [5.74, 6) is -3.55. The van der Waals surface area contributed by atoms with Crippen LogP contribution in [-0.4, -0.2) is 56.7 Å². The number of aromatic nitrogens is 2. The average molecular weight is 592 g/mol. The number of ketones is 1. The molecule has 0 atom stereocenters. The molecule has 0 aliphatic heterocycles. The molecule has 0 saturated heterocycles. The van der Waals surface area contributed by atoms with Gasteiger partial charge >= 0.3 is 12.1 Å². The molecule has 0 radical (unpaired) electrons. The maximum absolute atomic E-state index is 14.0. The van der Waals surface area contributed by atoms with Crippen LogP contribution in [0, 0.1) is 23.6 Å². The van der Waals surface area contributed by atoms with Gasteiger partial charge in [0.2, 0.25) is 0 Å². The number of alkyl halides is 3. The van der Waals surface area contributed by atoms with E-state index in [2.05, 4.69) is 5.10 Å². The predicted molar refractivity (Wildman–Crippen MR) is 135 cm³/mol. The minimum absolute atomic E-state index is 0.0174. The lowest BCUT2D eigenvalue weighted by Gasteiger charge is -2.34. The zero-order chi connectivity index (χ0) is 28.9. The Labute approximate surface area is 232 Å². The van der Waals surface area contributed by atoms with Crippen molar-refractivity contribution in [3.05, 3.63) is 51.0 Å². The molecular weight excluding hydrogens is 565 g/mol. The summed E-state index contributed by atoms with van der Waals surface area (Å²) in [4.78, 5) is 39.1. The summed E-state index contributed by atoms with van der Waals surface area (Å²) in [6.45, 7) is 1.71. The number of benzene rings is 1. The minimum Gasteiger partial charge on any atom is -0.481 e. The second kappa shape index (κ2) is 10.4. The fourth-order valence-corrected chi connectivity index (χ4v) is 5.73. The molecule has 2 aromatic rings. The zero-order valence-corrected chi connectivity index (χ0v) is 22.8. The molecule has 4 rings (SSSR count). The first-order valence-electron chi connectivity index (χ1n) is 12.4. The van der Waals surface area contributed by atoms with E-state index in [1.807, 2.05) is 0 Å². The van der Waals surface area contributed by atoms with Crippen LogP contribution >= 0.6 is 23.2 Å². The maximum Gasteiger partial charge on any atom is 0.396 e. The number of carbonyl (C=O) groups excluding carboxylic acids is 2. The molecule has 0 bridgehead atoms. The van der Waals surface area contributed by atoms with Crippen LogP contribution in [0.2, 0.25) is 10.0 Å². The molecule has 2 saturated carbocycles. The Morgan fingerprint density at radius 2 is 1.77 bits per heavy atom. The van der Waals surface area contributed by atoms with E-state index < -0.39 is 64.2 Å². The Morgan fingerprint density at radius 3 is 2.31 bits per heavy atom. The van der Waals surface area contributed by atoms with E-state index in [0.717, 1.165) is 17.0 Å². The van der Waals surface area contributed by atoms with Crippen molar-refractivity contribution in [1.29, 1.82) is 0 Å². The van der Waals surface area contributed by atoms with E-state index >= 15 is 0 Å². The number of carboxylic acids is 1. The maximum atomic E-state index is 14.0. The fourth-order valence-electron chi connectivity index (χ4n) is 5.15. The number of aliphatic carboxylic acids is 1. The SMILES string of the molecule is Cc1c(C(=O)N(CC(=O)c2c(Cl)ccc(F)c2Cl)CC2(C(F)(F)F)CC2)cnn1[C@H]1CC[C@](C)(C(=O)O)CC1. The van der Waals surface area contributed by atoms with Crippen LogP contribution in [0.4, 0.5) is 17.6 Å². The Hall–Kier alpha value is -2.66. The van der Waals surface area contributed by atoms with Crippen LogP contribution in [0.3, 0.4) is 0 Å². The molecule has 0 unspecified atom stereocenters. The van der Waals surface area contributed by atoms with E-state index in [9.17, 15) is 37.1 Å². The molecule has 1 aromatic carbocycles. The van der Waals surface area contributed by atoms with Crippen molar-refractivity contribution >= 4 is 40.9 Å². The zero-order valence-electron chi connectivity index (χ0n) is 21.2. The van der Waals surface area contributed by atoms with E-state index in [0.29, 0.717) is 31.4 Å². The highest BCUT2D eigenvalue weighted by Crippen LogP contribution is 2.58. The van der Waals surface area contributed by atoms with Gasteiger partial charge in [0.25, 0.3) is 5.91 Å². The van der Waals surface area contributed by atoms with Gasteiger partial charge in [-0.05, 0) is 64.5 Å². The minimum atomic E-state index is -4.60. The van der Waals surface area contributed by atoms with Crippen molar-refractivity contribution < 1.29 is 37.1 Å². The van der Waals surface area contributed by atoms with Gasteiger partial charge in [-0.15, -0.1) is 0 Å². The van der Waals surface area contributed by atoms with Crippen LogP contribution in [0.5, 0.6) is 0 Å². The molecule has 39 heavy (non-hydrogen) atoms. The third kappa shape index (κ3) is 5.52. The molecule has 7 nitrogen and oxygen atoms in total. The number of halogens is 6. The quantitative estimate of drug-likeness (QED) is 0.214. The van der Waals surface area contributed by atoms with Crippen molar-refractivity contribution in [2.24, 2.45) is 10.8 Å². The normalized spacial score (nSPS) is 22.4. The molecular formula is C26H27Cl2F4N3O4. The number of hydrogen-bond donors (Lipinski definition) is 1. The lowest BCUT2D eigenvalue weighted by Crippen LogP contribution is -2.44. The molecule has 2 aliphatic rings. The van der Waals surface area contributed by atoms with Gasteiger partial charge in [0.05, 0.1) is 50.8 Å². The van der Waals surface area contributed by atoms with Crippen LogP contribution in [0.1, 0.15) is 77.9 Å². The van der Waals surface area contributed by atoms with E-state index in [1.165, 1.54) is 6.20 Å². The second-order valence-corrected chi connectivity index (χ2v) is 11.6. The molecule has 2 aliphatic carbocycles. The van der Waals surface area contributed by atoms with Gasteiger partial charge in [-0.25, -0.2) is 4.39 Å². The van der Waals surface area contributed by atoms with Gasteiger partial charge < -0.3 is 10.0 Å². The van der Waals surface area contributed by atoms with E-state index in [1.54, 1.807) is 18.5 Å². The Balaban J connectivity index is 1.62. The first-order valence-corrected chi connectivity index (χ1v) is 13.2. The van der Waals surface area contributed by atoms with Gasteiger partial charge in [-0.3, -0.25) is 19.1 Å². The Morgan fingerprint density at radius 1 is 1.15 bits per heavy atom. The molecule has 1 N–H and O–H groups in total. The first-order chi connectivity index (χ1) is 18.1. The largest absolute Gasteiger partial charge is 0.481 e. The van der Waals surface area contributed by atoms with Gasteiger partial charge in [0, 0.05) is 12.2 Å². The fraction of sp³-hybridized carbons (Fsp3) is 0.538. The number of carboxylic acid groups (broad SMARTS) is 1. The molecule has 2 fully saturated rings.